The zero-order chi connectivity index (χ0) is 21.9. The van der Waals surface area contributed by atoms with Crippen molar-refractivity contribution >= 4 is 47.1 Å². The molecule has 0 aliphatic rings. The summed E-state index contributed by atoms with van der Waals surface area (Å²) in [5.41, 5.74) is 4.14. The number of aryl methyl sites for hydroxylation is 2. The zero-order valence-electron chi connectivity index (χ0n) is 17.0. The van der Waals surface area contributed by atoms with Gasteiger partial charge in [0.2, 0.25) is 14.2 Å². The van der Waals surface area contributed by atoms with Gasteiger partial charge in [0.1, 0.15) is 5.75 Å². The molecule has 30 heavy (non-hydrogen) atoms. The summed E-state index contributed by atoms with van der Waals surface area (Å²) in [6.07, 6.45) is 0. The molecule has 0 saturated heterocycles. The number of anilines is 1. The lowest BCUT2D eigenvalue weighted by Gasteiger charge is -2.17. The summed E-state index contributed by atoms with van der Waals surface area (Å²) in [5.74, 6) is 0.505. The van der Waals surface area contributed by atoms with Crippen LogP contribution in [0.4, 0.5) is 16.5 Å². The van der Waals surface area contributed by atoms with E-state index in [4.69, 9.17) is 4.74 Å². The number of hydrogen-bond acceptors (Lipinski definition) is 9. The van der Waals surface area contributed by atoms with Crippen molar-refractivity contribution in [3.8, 4) is 5.75 Å². The number of rotatable bonds is 7. The molecule has 8 nitrogen and oxygen atoms in total. The molecule has 158 valence electrons. The molecule has 3 aromatic rings. The van der Waals surface area contributed by atoms with Crippen molar-refractivity contribution in [3.63, 3.8) is 0 Å². The lowest BCUT2D eigenvalue weighted by atomic mass is 10.1. The molecule has 0 radical (unpaired) electrons. The Labute approximate surface area is 182 Å². The van der Waals surface area contributed by atoms with E-state index in [0.717, 1.165) is 28.2 Å². The Hall–Kier alpha value is -2.42. The number of aromatic nitrogens is 2. The first kappa shape index (κ1) is 22.3. The molecule has 1 unspecified atom stereocenters. The fourth-order valence-electron chi connectivity index (χ4n) is 2.64. The molecule has 2 aromatic carbocycles. The topological polar surface area (TPSA) is 97.1 Å². The van der Waals surface area contributed by atoms with Crippen LogP contribution in [0.1, 0.15) is 16.7 Å². The highest BCUT2D eigenvalue weighted by molar-refractivity contribution is 7.92. The minimum atomic E-state index is -3.61. The van der Waals surface area contributed by atoms with Crippen molar-refractivity contribution in [3.05, 3.63) is 53.1 Å². The summed E-state index contributed by atoms with van der Waals surface area (Å²) < 4.78 is 32.4. The molecule has 1 heterocycles. The van der Waals surface area contributed by atoms with Crippen LogP contribution in [0, 0.1) is 13.8 Å². The fourth-order valence-corrected chi connectivity index (χ4v) is 5.07. The van der Waals surface area contributed by atoms with Crippen molar-refractivity contribution in [2.75, 3.05) is 18.8 Å². The fraction of sp³-hybridized carbons (Fsp3) is 0.263. The predicted octanol–water partition coefficient (Wildman–Crippen LogP) is 4.78. The molecule has 0 aliphatic carbocycles. The Kier molecular flexibility index (Phi) is 6.80. The highest BCUT2D eigenvalue weighted by atomic mass is 32.2. The van der Waals surface area contributed by atoms with E-state index in [2.05, 4.69) is 29.8 Å². The van der Waals surface area contributed by atoms with Gasteiger partial charge in [-0.2, -0.15) is 0 Å². The van der Waals surface area contributed by atoms with Crippen molar-refractivity contribution < 1.29 is 13.2 Å². The molecule has 0 saturated carbocycles. The number of benzene rings is 2. The van der Waals surface area contributed by atoms with Crippen LogP contribution < -0.4 is 9.41 Å². The number of nitrogens with zero attached hydrogens (tertiary/aromatic N) is 5. The molecule has 1 atom stereocenters. The highest BCUT2D eigenvalue weighted by Gasteiger charge is 2.21. The largest absolute Gasteiger partial charge is 0.494 e. The lowest BCUT2D eigenvalue weighted by molar-refractivity contribution is 0.416. The van der Waals surface area contributed by atoms with E-state index >= 15 is 0 Å². The lowest BCUT2D eigenvalue weighted by Crippen LogP contribution is -2.04. The maximum Gasteiger partial charge on any atom is 0.252 e. The van der Waals surface area contributed by atoms with Crippen LogP contribution in [0.5, 0.6) is 5.75 Å². The Balaban J connectivity index is 1.81. The van der Waals surface area contributed by atoms with E-state index in [0.29, 0.717) is 17.0 Å². The van der Waals surface area contributed by atoms with E-state index < -0.39 is 9.84 Å². The SMILES string of the molecule is COc1cc(N=Nc2nnc(S(=O)(=O)Cc3ccc(C)cc3)s2)c(C)cc1N(C)P. The average molecular weight is 464 g/mol. The van der Waals surface area contributed by atoms with E-state index in [1.165, 1.54) is 0 Å². The second-order valence-electron chi connectivity index (χ2n) is 6.72. The average Bonchev–Trinajstić information content (AvgIpc) is 3.18. The molecule has 0 N–H and O–H groups in total. The molecule has 11 heteroatoms. The van der Waals surface area contributed by atoms with E-state index in [1.807, 2.05) is 43.8 Å². The first-order valence-corrected chi connectivity index (χ1v) is 11.9. The first-order valence-electron chi connectivity index (χ1n) is 8.90. The number of methoxy groups -OCH3 is 1. The van der Waals surface area contributed by atoms with Gasteiger partial charge in [-0.05, 0) is 40.4 Å². The van der Waals surface area contributed by atoms with Gasteiger partial charge in [0.25, 0.3) is 5.13 Å². The van der Waals surface area contributed by atoms with Crippen LogP contribution in [0.15, 0.2) is 51.0 Å². The minimum absolute atomic E-state index is 0.0775. The number of sulfone groups is 1. The Morgan fingerprint density at radius 3 is 2.47 bits per heavy atom. The molecule has 0 bridgehead atoms. The van der Waals surface area contributed by atoms with Crippen LogP contribution in [0.25, 0.3) is 0 Å². The smallest absolute Gasteiger partial charge is 0.252 e. The molecule has 0 spiro atoms. The summed E-state index contributed by atoms with van der Waals surface area (Å²) in [5, 5.41) is 16.1. The van der Waals surface area contributed by atoms with Gasteiger partial charge < -0.3 is 9.41 Å². The predicted molar refractivity (Wildman–Crippen MR) is 122 cm³/mol. The molecular formula is C19H22N5O3PS2. The third-order valence-corrected chi connectivity index (χ3v) is 7.48. The molecule has 0 amide bonds. The van der Waals surface area contributed by atoms with Crippen LogP contribution in [-0.2, 0) is 15.6 Å². The second kappa shape index (κ2) is 9.16. The number of ether oxygens (including phenoxy) is 1. The number of azo groups is 1. The van der Waals surface area contributed by atoms with Crippen molar-refractivity contribution in [1.82, 2.24) is 10.2 Å². The summed E-state index contributed by atoms with van der Waals surface area (Å²) in [7, 11) is 2.44. The van der Waals surface area contributed by atoms with Gasteiger partial charge in [-0.3, -0.25) is 0 Å². The molecular weight excluding hydrogens is 441 g/mol. The third-order valence-electron chi connectivity index (χ3n) is 4.26. The third kappa shape index (κ3) is 5.19. The van der Waals surface area contributed by atoms with Gasteiger partial charge >= 0.3 is 0 Å². The molecule has 1 aromatic heterocycles. The van der Waals surface area contributed by atoms with Crippen molar-refractivity contribution in [2.45, 2.75) is 23.9 Å². The standard InChI is InChI=1S/C19H22N5O3PS2/c1-12-5-7-14(8-6-12)11-30(25,26)19-23-22-18(29-19)21-20-15-10-17(27-4)16(24(3)28)9-13(15)2/h5-10H,11,28H2,1-4H3. The van der Waals surface area contributed by atoms with Gasteiger partial charge in [0.05, 0.1) is 24.2 Å². The number of hydrogen-bond donors (Lipinski definition) is 0. The van der Waals surface area contributed by atoms with Gasteiger partial charge in [-0.15, -0.1) is 20.4 Å². The Bertz CT molecular complexity index is 1180. The van der Waals surface area contributed by atoms with E-state index in [-0.39, 0.29) is 15.2 Å². The second-order valence-corrected chi connectivity index (χ2v) is 10.6. The van der Waals surface area contributed by atoms with Gasteiger partial charge in [-0.1, -0.05) is 41.2 Å². The van der Waals surface area contributed by atoms with Gasteiger partial charge in [0.15, 0.2) is 0 Å². The van der Waals surface area contributed by atoms with E-state index in [1.54, 1.807) is 25.3 Å². The normalized spacial score (nSPS) is 11.8. The summed E-state index contributed by atoms with van der Waals surface area (Å²) in [6, 6.07) is 11.0. The highest BCUT2D eigenvalue weighted by Crippen LogP contribution is 2.37. The molecule has 0 fully saturated rings. The Morgan fingerprint density at radius 1 is 1.13 bits per heavy atom. The zero-order valence-corrected chi connectivity index (χ0v) is 19.8. The van der Waals surface area contributed by atoms with Crippen LogP contribution in [0.2, 0.25) is 0 Å². The van der Waals surface area contributed by atoms with Crippen LogP contribution in [0.3, 0.4) is 0 Å². The summed E-state index contributed by atoms with van der Waals surface area (Å²) in [4.78, 5) is 0. The first-order chi connectivity index (χ1) is 14.2. The van der Waals surface area contributed by atoms with E-state index in [9.17, 15) is 8.42 Å². The van der Waals surface area contributed by atoms with Crippen molar-refractivity contribution in [2.24, 2.45) is 10.2 Å². The Morgan fingerprint density at radius 2 is 1.83 bits per heavy atom. The van der Waals surface area contributed by atoms with Crippen molar-refractivity contribution in [1.29, 1.82) is 0 Å². The summed E-state index contributed by atoms with van der Waals surface area (Å²) >= 11 is 0.892. The molecule has 3 rings (SSSR count). The minimum Gasteiger partial charge on any atom is -0.494 e. The monoisotopic (exact) mass is 463 g/mol. The van der Waals surface area contributed by atoms with Crippen LogP contribution >= 0.6 is 20.7 Å². The molecule has 0 aliphatic heterocycles. The van der Waals surface area contributed by atoms with Crippen LogP contribution in [-0.4, -0.2) is 32.8 Å². The maximum absolute atomic E-state index is 12.6. The summed E-state index contributed by atoms with van der Waals surface area (Å²) in [6.45, 7) is 3.85. The van der Waals surface area contributed by atoms with Gasteiger partial charge in [-0.25, -0.2) is 8.42 Å². The quantitative estimate of drug-likeness (QED) is 0.370. The maximum atomic E-state index is 12.6. The van der Waals surface area contributed by atoms with Gasteiger partial charge in [0, 0.05) is 13.1 Å².